The van der Waals surface area contributed by atoms with Crippen LogP contribution in [0.3, 0.4) is 0 Å². The largest absolute Gasteiger partial charge is 0.495 e. The van der Waals surface area contributed by atoms with Crippen LogP contribution in [0.1, 0.15) is 10.4 Å². The van der Waals surface area contributed by atoms with E-state index >= 15 is 0 Å². The zero-order valence-electron chi connectivity index (χ0n) is 11.5. The minimum absolute atomic E-state index is 0.225. The molecular formula is C14H13ClN2O4. The fourth-order valence-corrected chi connectivity index (χ4v) is 2.06. The lowest BCUT2D eigenvalue weighted by Crippen LogP contribution is -2.40. The first kappa shape index (κ1) is 15.1. The molecule has 0 saturated heterocycles. The Balaban J connectivity index is 2.31. The fraction of sp³-hybridized carbons (Fsp3) is 0.214. The molecule has 0 fully saturated rings. The number of nitrogens with zero attached hydrogens (tertiary/aromatic N) is 2. The van der Waals surface area contributed by atoms with E-state index in [-0.39, 0.29) is 12.3 Å². The Morgan fingerprint density at radius 1 is 1.24 bits per heavy atom. The number of ether oxygens (including phenoxy) is 1. The Hall–Kier alpha value is -2.34. The highest BCUT2D eigenvalue weighted by Crippen LogP contribution is 2.25. The summed E-state index contributed by atoms with van der Waals surface area (Å²) in [5, 5.41) is 0.305. The third kappa shape index (κ3) is 3.05. The predicted molar refractivity (Wildman–Crippen MR) is 78.3 cm³/mol. The number of hydrogen-bond donors (Lipinski definition) is 0. The number of hydrogen-bond acceptors (Lipinski definition) is 4. The van der Waals surface area contributed by atoms with Gasteiger partial charge in [0.25, 0.3) is 0 Å². The van der Waals surface area contributed by atoms with Gasteiger partial charge in [0.05, 0.1) is 18.7 Å². The number of methoxy groups -OCH3 is 1. The SMILES string of the molecule is COc1ccc(C(=O)Cn2ccn(C)c(=O)c2=O)cc1Cl. The molecule has 6 nitrogen and oxygen atoms in total. The van der Waals surface area contributed by atoms with Crippen molar-refractivity contribution in [2.24, 2.45) is 7.05 Å². The maximum atomic E-state index is 12.1. The maximum Gasteiger partial charge on any atom is 0.316 e. The van der Waals surface area contributed by atoms with E-state index in [0.29, 0.717) is 16.3 Å². The average Bonchev–Trinajstić information content (AvgIpc) is 2.47. The second-order valence-corrected chi connectivity index (χ2v) is 4.83. The van der Waals surface area contributed by atoms with Crippen molar-refractivity contribution < 1.29 is 9.53 Å². The van der Waals surface area contributed by atoms with E-state index < -0.39 is 11.1 Å². The number of carbonyl (C=O) groups is 1. The minimum Gasteiger partial charge on any atom is -0.495 e. The molecule has 1 aromatic carbocycles. The van der Waals surface area contributed by atoms with Crippen molar-refractivity contribution in [1.82, 2.24) is 9.13 Å². The van der Waals surface area contributed by atoms with Crippen molar-refractivity contribution in [1.29, 1.82) is 0 Å². The van der Waals surface area contributed by atoms with Gasteiger partial charge in [-0.1, -0.05) is 11.6 Å². The zero-order chi connectivity index (χ0) is 15.6. The van der Waals surface area contributed by atoms with Crippen molar-refractivity contribution >= 4 is 17.4 Å². The highest BCUT2D eigenvalue weighted by molar-refractivity contribution is 6.32. The van der Waals surface area contributed by atoms with E-state index in [4.69, 9.17) is 16.3 Å². The lowest BCUT2D eigenvalue weighted by atomic mass is 10.1. The van der Waals surface area contributed by atoms with Gasteiger partial charge in [0.2, 0.25) is 0 Å². The van der Waals surface area contributed by atoms with Gasteiger partial charge in [0, 0.05) is 25.0 Å². The molecule has 0 atom stereocenters. The van der Waals surface area contributed by atoms with Crippen molar-refractivity contribution in [3.63, 3.8) is 0 Å². The van der Waals surface area contributed by atoms with E-state index in [0.717, 1.165) is 9.13 Å². The van der Waals surface area contributed by atoms with Gasteiger partial charge in [-0.25, -0.2) is 0 Å². The van der Waals surface area contributed by atoms with Gasteiger partial charge in [-0.2, -0.15) is 0 Å². The summed E-state index contributed by atoms with van der Waals surface area (Å²) in [5.74, 6) is 0.133. The van der Waals surface area contributed by atoms with Crippen molar-refractivity contribution in [2.75, 3.05) is 7.11 Å². The zero-order valence-corrected chi connectivity index (χ0v) is 12.3. The summed E-state index contributed by atoms with van der Waals surface area (Å²) in [5.41, 5.74) is -1.08. The van der Waals surface area contributed by atoms with Crippen LogP contribution in [-0.4, -0.2) is 22.0 Å². The van der Waals surface area contributed by atoms with E-state index in [9.17, 15) is 14.4 Å². The van der Waals surface area contributed by atoms with Crippen LogP contribution in [0.5, 0.6) is 5.75 Å². The molecule has 7 heteroatoms. The van der Waals surface area contributed by atoms with Crippen molar-refractivity contribution in [3.8, 4) is 5.75 Å². The van der Waals surface area contributed by atoms with Crippen LogP contribution in [0.4, 0.5) is 0 Å². The second kappa shape index (κ2) is 5.97. The number of Topliss-reactive ketones (excluding diaryl/α,β-unsaturated/α-hetero) is 1. The van der Waals surface area contributed by atoms with Crippen LogP contribution in [0.15, 0.2) is 40.2 Å². The van der Waals surface area contributed by atoms with Crippen molar-refractivity contribution in [3.05, 3.63) is 61.9 Å². The van der Waals surface area contributed by atoms with Crippen LogP contribution < -0.4 is 15.9 Å². The van der Waals surface area contributed by atoms with Crippen molar-refractivity contribution in [2.45, 2.75) is 6.54 Å². The molecular weight excluding hydrogens is 296 g/mol. The monoisotopic (exact) mass is 308 g/mol. The first-order valence-corrected chi connectivity index (χ1v) is 6.44. The number of rotatable bonds is 4. The molecule has 0 aliphatic heterocycles. The van der Waals surface area contributed by atoms with E-state index in [1.807, 2.05) is 0 Å². The maximum absolute atomic E-state index is 12.1. The fourth-order valence-electron chi connectivity index (χ4n) is 1.80. The first-order valence-electron chi connectivity index (χ1n) is 6.07. The summed E-state index contributed by atoms with van der Waals surface area (Å²) in [6.07, 6.45) is 2.82. The molecule has 21 heavy (non-hydrogen) atoms. The summed E-state index contributed by atoms with van der Waals surface area (Å²) in [6.45, 7) is -0.225. The molecule has 110 valence electrons. The van der Waals surface area contributed by atoms with Crippen LogP contribution in [0, 0.1) is 0 Å². The van der Waals surface area contributed by atoms with Gasteiger partial charge in [0.15, 0.2) is 5.78 Å². The number of benzene rings is 1. The molecule has 0 aliphatic rings. The van der Waals surface area contributed by atoms with Gasteiger partial charge in [0.1, 0.15) is 5.75 Å². The molecule has 1 heterocycles. The lowest BCUT2D eigenvalue weighted by Gasteiger charge is -2.07. The van der Waals surface area contributed by atoms with Gasteiger partial charge >= 0.3 is 11.1 Å². The van der Waals surface area contributed by atoms with Crippen LogP contribution >= 0.6 is 11.6 Å². The molecule has 0 N–H and O–H groups in total. The van der Waals surface area contributed by atoms with Crippen LogP contribution in [-0.2, 0) is 13.6 Å². The van der Waals surface area contributed by atoms with Crippen LogP contribution in [0.25, 0.3) is 0 Å². The smallest absolute Gasteiger partial charge is 0.316 e. The summed E-state index contributed by atoms with van der Waals surface area (Å²) >= 11 is 5.95. The molecule has 0 unspecified atom stereocenters. The molecule has 2 aromatic rings. The van der Waals surface area contributed by atoms with E-state index in [2.05, 4.69) is 0 Å². The normalized spacial score (nSPS) is 10.4. The van der Waals surface area contributed by atoms with E-state index in [1.54, 1.807) is 12.1 Å². The molecule has 0 saturated carbocycles. The lowest BCUT2D eigenvalue weighted by molar-refractivity contribution is 0.0970. The highest BCUT2D eigenvalue weighted by atomic mass is 35.5. The topological polar surface area (TPSA) is 70.3 Å². The third-order valence-electron chi connectivity index (χ3n) is 3.02. The number of halogens is 1. The summed E-state index contributed by atoms with van der Waals surface area (Å²) in [4.78, 5) is 35.4. The number of carbonyl (C=O) groups excluding carboxylic acids is 1. The molecule has 0 spiro atoms. The third-order valence-corrected chi connectivity index (χ3v) is 3.32. The molecule has 0 bridgehead atoms. The highest BCUT2D eigenvalue weighted by Gasteiger charge is 2.12. The predicted octanol–water partition coefficient (Wildman–Crippen LogP) is 1.09. The molecule has 0 aliphatic carbocycles. The second-order valence-electron chi connectivity index (χ2n) is 4.42. The van der Waals surface area contributed by atoms with Gasteiger partial charge in [-0.15, -0.1) is 0 Å². The number of aryl methyl sites for hydroxylation is 1. The Morgan fingerprint density at radius 2 is 1.95 bits per heavy atom. The molecule has 2 rings (SSSR count). The van der Waals surface area contributed by atoms with Gasteiger partial charge in [-0.05, 0) is 18.2 Å². The van der Waals surface area contributed by atoms with Gasteiger partial charge < -0.3 is 13.9 Å². The number of ketones is 1. The minimum atomic E-state index is -0.743. The Bertz CT molecular complexity index is 807. The summed E-state index contributed by atoms with van der Waals surface area (Å²) in [6, 6.07) is 4.59. The Labute approximate surface area is 125 Å². The van der Waals surface area contributed by atoms with Crippen LogP contribution in [0.2, 0.25) is 5.02 Å². The Morgan fingerprint density at radius 3 is 2.57 bits per heavy atom. The number of aromatic nitrogens is 2. The summed E-state index contributed by atoms with van der Waals surface area (Å²) in [7, 11) is 2.95. The quantitative estimate of drug-likeness (QED) is 0.626. The van der Waals surface area contributed by atoms with E-state index in [1.165, 1.54) is 32.6 Å². The molecule has 0 radical (unpaired) electrons. The Kier molecular flexibility index (Phi) is 4.28. The van der Waals surface area contributed by atoms with Gasteiger partial charge in [-0.3, -0.25) is 14.4 Å². The average molecular weight is 309 g/mol. The molecule has 0 amide bonds. The molecule has 1 aromatic heterocycles. The standard InChI is InChI=1S/C14H13ClN2O4/c1-16-5-6-17(14(20)13(16)19)8-11(18)9-3-4-12(21-2)10(15)7-9/h3-7H,8H2,1-2H3. The first-order chi connectivity index (χ1) is 9.93. The summed E-state index contributed by atoms with van der Waals surface area (Å²) < 4.78 is 7.24.